The molecule has 2 aromatic carbocycles. The minimum Gasteiger partial charge on any atom is -0.335 e. The van der Waals surface area contributed by atoms with Gasteiger partial charge in [-0.15, -0.1) is 11.3 Å². The maximum atomic E-state index is 13.3. The molecule has 2 aromatic heterocycles. The molecule has 1 amide bonds. The Labute approximate surface area is 190 Å². The van der Waals surface area contributed by atoms with Crippen LogP contribution in [0.2, 0.25) is 0 Å². The predicted molar refractivity (Wildman–Crippen MR) is 126 cm³/mol. The number of hydrogen-bond acceptors (Lipinski definition) is 5. The van der Waals surface area contributed by atoms with Gasteiger partial charge in [-0.2, -0.15) is 5.10 Å². The van der Waals surface area contributed by atoms with Crippen LogP contribution in [0.5, 0.6) is 0 Å². The smallest absolute Gasteiger partial charge is 0.295 e. The van der Waals surface area contributed by atoms with Crippen LogP contribution in [0.3, 0.4) is 0 Å². The van der Waals surface area contributed by atoms with Gasteiger partial charge in [0.2, 0.25) is 0 Å². The largest absolute Gasteiger partial charge is 0.335 e. The number of Topliss-reactive ketones (excluding diaryl/α,β-unsaturated/α-hetero) is 1. The van der Waals surface area contributed by atoms with Crippen LogP contribution in [-0.2, 0) is 4.79 Å². The second-order valence-corrected chi connectivity index (χ2v) is 9.29. The van der Waals surface area contributed by atoms with Gasteiger partial charge in [-0.1, -0.05) is 30.3 Å². The molecule has 5 rings (SSSR count). The SMILES string of the molecule is Cc1nn(-c2ccccc2)c(C)c1C(=O)C(=O)N1CCCC(c2nc3ccccc3s2)C1. The van der Waals surface area contributed by atoms with Crippen LogP contribution < -0.4 is 0 Å². The van der Waals surface area contributed by atoms with Crippen molar-refractivity contribution < 1.29 is 9.59 Å². The van der Waals surface area contributed by atoms with Crippen molar-refractivity contribution in [1.82, 2.24) is 19.7 Å². The lowest BCUT2D eigenvalue weighted by Gasteiger charge is -2.31. The molecule has 0 bridgehead atoms. The molecule has 6 nitrogen and oxygen atoms in total. The average molecular weight is 445 g/mol. The van der Waals surface area contributed by atoms with Gasteiger partial charge in [-0.3, -0.25) is 9.59 Å². The monoisotopic (exact) mass is 444 g/mol. The Hall–Kier alpha value is -3.32. The lowest BCUT2D eigenvalue weighted by molar-refractivity contribution is -0.127. The number of piperidine rings is 1. The van der Waals surface area contributed by atoms with Gasteiger partial charge in [0.15, 0.2) is 0 Å². The minimum absolute atomic E-state index is 0.159. The van der Waals surface area contributed by atoms with Gasteiger partial charge in [0.1, 0.15) is 0 Å². The van der Waals surface area contributed by atoms with Crippen LogP contribution in [0.4, 0.5) is 0 Å². The van der Waals surface area contributed by atoms with Gasteiger partial charge in [0.25, 0.3) is 11.7 Å². The molecule has 1 fully saturated rings. The lowest BCUT2D eigenvalue weighted by Crippen LogP contribution is -2.43. The Bertz CT molecular complexity index is 1280. The number of para-hydroxylation sites is 2. The van der Waals surface area contributed by atoms with Crippen LogP contribution in [0.1, 0.15) is 45.5 Å². The normalized spacial score (nSPS) is 16.4. The Morgan fingerprint density at radius 2 is 1.78 bits per heavy atom. The van der Waals surface area contributed by atoms with Crippen LogP contribution >= 0.6 is 11.3 Å². The molecule has 1 saturated heterocycles. The van der Waals surface area contributed by atoms with Crippen molar-refractivity contribution in [3.8, 4) is 5.69 Å². The van der Waals surface area contributed by atoms with E-state index in [0.717, 1.165) is 33.8 Å². The Morgan fingerprint density at radius 1 is 1.03 bits per heavy atom. The van der Waals surface area contributed by atoms with Crippen molar-refractivity contribution in [3.63, 3.8) is 0 Å². The first kappa shape index (κ1) is 20.6. The number of likely N-dealkylation sites (tertiary alicyclic amines) is 1. The summed E-state index contributed by atoms with van der Waals surface area (Å²) < 4.78 is 2.89. The number of benzene rings is 2. The van der Waals surface area contributed by atoms with E-state index in [4.69, 9.17) is 4.98 Å². The molecule has 1 aliphatic rings. The predicted octanol–water partition coefficient (Wildman–Crippen LogP) is 4.69. The number of carbonyl (C=O) groups is 2. The van der Waals surface area contributed by atoms with E-state index >= 15 is 0 Å². The highest BCUT2D eigenvalue weighted by molar-refractivity contribution is 7.18. The van der Waals surface area contributed by atoms with E-state index in [1.165, 1.54) is 0 Å². The fourth-order valence-corrected chi connectivity index (χ4v) is 5.56. The fourth-order valence-electron chi connectivity index (χ4n) is 4.47. The molecule has 0 saturated carbocycles. The van der Waals surface area contributed by atoms with Gasteiger partial charge in [-0.05, 0) is 51.0 Å². The second-order valence-electron chi connectivity index (χ2n) is 8.23. The van der Waals surface area contributed by atoms with Crippen LogP contribution in [0.25, 0.3) is 15.9 Å². The third-order valence-corrected chi connectivity index (χ3v) is 7.28. The first-order valence-electron chi connectivity index (χ1n) is 10.8. The molecule has 162 valence electrons. The van der Waals surface area contributed by atoms with Crippen molar-refractivity contribution in [1.29, 1.82) is 0 Å². The van der Waals surface area contributed by atoms with E-state index < -0.39 is 11.7 Å². The first-order valence-corrected chi connectivity index (χ1v) is 11.7. The van der Waals surface area contributed by atoms with Crippen molar-refractivity contribution in [3.05, 3.63) is 76.6 Å². The third-order valence-electron chi connectivity index (χ3n) is 6.08. The zero-order chi connectivity index (χ0) is 22.2. The average Bonchev–Trinajstić information content (AvgIpc) is 3.39. The van der Waals surface area contributed by atoms with E-state index in [0.29, 0.717) is 30.0 Å². The van der Waals surface area contributed by atoms with Crippen LogP contribution in [0, 0.1) is 13.8 Å². The molecule has 0 aliphatic carbocycles. The maximum Gasteiger partial charge on any atom is 0.295 e. The summed E-state index contributed by atoms with van der Waals surface area (Å²) in [6.07, 6.45) is 1.84. The molecule has 1 unspecified atom stereocenters. The van der Waals surface area contributed by atoms with Gasteiger partial charge in [-0.25, -0.2) is 9.67 Å². The number of ketones is 1. The molecular formula is C25H24N4O2S. The number of aromatic nitrogens is 3. The van der Waals surface area contributed by atoms with Gasteiger partial charge < -0.3 is 4.90 Å². The highest BCUT2D eigenvalue weighted by Crippen LogP contribution is 2.33. The van der Waals surface area contributed by atoms with E-state index in [-0.39, 0.29) is 5.92 Å². The van der Waals surface area contributed by atoms with E-state index in [9.17, 15) is 9.59 Å². The van der Waals surface area contributed by atoms with E-state index in [1.807, 2.05) is 55.5 Å². The fraction of sp³-hybridized carbons (Fsp3) is 0.280. The Kier molecular flexibility index (Phi) is 5.35. The zero-order valence-corrected chi connectivity index (χ0v) is 18.9. The molecule has 0 radical (unpaired) electrons. The molecular weight excluding hydrogens is 420 g/mol. The van der Waals surface area contributed by atoms with Gasteiger partial charge in [0, 0.05) is 19.0 Å². The van der Waals surface area contributed by atoms with Gasteiger partial charge >= 0.3 is 0 Å². The Morgan fingerprint density at radius 3 is 2.56 bits per heavy atom. The summed E-state index contributed by atoms with van der Waals surface area (Å²) in [5.41, 5.74) is 3.53. The summed E-state index contributed by atoms with van der Waals surface area (Å²) in [5, 5.41) is 5.57. The molecule has 7 heteroatoms. The molecule has 3 heterocycles. The molecule has 32 heavy (non-hydrogen) atoms. The third kappa shape index (κ3) is 3.62. The molecule has 1 aliphatic heterocycles. The topological polar surface area (TPSA) is 68.1 Å². The van der Waals surface area contributed by atoms with Crippen molar-refractivity contribution >= 4 is 33.2 Å². The zero-order valence-electron chi connectivity index (χ0n) is 18.1. The molecule has 1 atom stereocenters. The van der Waals surface area contributed by atoms with Crippen molar-refractivity contribution in [2.75, 3.05) is 13.1 Å². The van der Waals surface area contributed by atoms with Crippen LogP contribution in [-0.4, -0.2) is 44.4 Å². The van der Waals surface area contributed by atoms with E-state index in [1.54, 1.807) is 27.8 Å². The quantitative estimate of drug-likeness (QED) is 0.338. The Balaban J connectivity index is 1.38. The summed E-state index contributed by atoms with van der Waals surface area (Å²) in [5.74, 6) is -0.770. The van der Waals surface area contributed by atoms with Gasteiger partial charge in [0.05, 0.1) is 37.9 Å². The summed E-state index contributed by atoms with van der Waals surface area (Å²) >= 11 is 1.68. The van der Waals surface area contributed by atoms with Crippen LogP contribution in [0.15, 0.2) is 54.6 Å². The number of fused-ring (bicyclic) bond motifs is 1. The lowest BCUT2D eigenvalue weighted by atomic mass is 9.97. The standard InChI is InChI=1S/C25H24N4O2S/c1-16-22(17(2)29(27-16)19-10-4-3-5-11-19)23(30)25(31)28-14-8-9-18(15-28)24-26-20-12-6-7-13-21(20)32-24/h3-7,10-13,18H,8-9,14-15H2,1-2H3. The van der Waals surface area contributed by atoms with E-state index in [2.05, 4.69) is 11.2 Å². The number of hydrogen-bond donors (Lipinski definition) is 0. The highest BCUT2D eigenvalue weighted by atomic mass is 32.1. The number of nitrogens with zero attached hydrogens (tertiary/aromatic N) is 4. The first-order chi connectivity index (χ1) is 15.5. The molecule has 4 aromatic rings. The highest BCUT2D eigenvalue weighted by Gasteiger charge is 2.33. The molecule has 0 spiro atoms. The second kappa shape index (κ2) is 8.31. The molecule has 0 N–H and O–H groups in total. The summed E-state index contributed by atoms with van der Waals surface area (Å²) in [4.78, 5) is 33.0. The minimum atomic E-state index is -0.480. The number of thiazole rings is 1. The summed E-state index contributed by atoms with van der Waals surface area (Å²) in [6, 6.07) is 17.7. The number of rotatable bonds is 4. The number of carbonyl (C=O) groups excluding carboxylic acids is 2. The maximum absolute atomic E-state index is 13.3. The number of amides is 1. The summed E-state index contributed by atoms with van der Waals surface area (Å²) in [7, 11) is 0. The summed E-state index contributed by atoms with van der Waals surface area (Å²) in [6.45, 7) is 4.74. The van der Waals surface area contributed by atoms with Crippen molar-refractivity contribution in [2.24, 2.45) is 0 Å². The number of aryl methyl sites for hydroxylation is 1. The van der Waals surface area contributed by atoms with Crippen molar-refractivity contribution in [2.45, 2.75) is 32.6 Å².